The van der Waals surface area contributed by atoms with Crippen molar-refractivity contribution in [3.63, 3.8) is 0 Å². The van der Waals surface area contributed by atoms with Gasteiger partial charge < -0.3 is 10.2 Å². The number of anilines is 1. The van der Waals surface area contributed by atoms with E-state index in [9.17, 15) is 26.4 Å². The summed E-state index contributed by atoms with van der Waals surface area (Å²) in [5.41, 5.74) is -0.514. The van der Waals surface area contributed by atoms with Crippen LogP contribution in [-0.2, 0) is 16.0 Å². The summed E-state index contributed by atoms with van der Waals surface area (Å²) < 4.78 is 64.1. The van der Waals surface area contributed by atoms with Gasteiger partial charge in [0.15, 0.2) is 15.5 Å². The zero-order valence-corrected chi connectivity index (χ0v) is 20.6. The van der Waals surface area contributed by atoms with Gasteiger partial charge >= 0.3 is 6.18 Å². The summed E-state index contributed by atoms with van der Waals surface area (Å²) in [6.45, 7) is 0. The Bertz CT molecular complexity index is 1370. The molecule has 3 aromatic rings. The Kier molecular flexibility index (Phi) is 6.76. The van der Waals surface area contributed by atoms with Gasteiger partial charge in [0.1, 0.15) is 11.5 Å². The summed E-state index contributed by atoms with van der Waals surface area (Å²) in [4.78, 5) is 18.4. The van der Waals surface area contributed by atoms with Gasteiger partial charge in [0, 0.05) is 31.6 Å². The molecule has 35 heavy (non-hydrogen) atoms. The molecule has 7 nitrogen and oxygen atoms in total. The van der Waals surface area contributed by atoms with Gasteiger partial charge in [-0.1, -0.05) is 17.7 Å². The van der Waals surface area contributed by atoms with Crippen molar-refractivity contribution in [2.24, 2.45) is 0 Å². The number of pyridine rings is 1. The molecule has 1 amide bonds. The predicted molar refractivity (Wildman–Crippen MR) is 127 cm³/mol. The van der Waals surface area contributed by atoms with Gasteiger partial charge in [0.2, 0.25) is 0 Å². The molecule has 0 aliphatic heterocycles. The Morgan fingerprint density at radius 2 is 1.86 bits per heavy atom. The van der Waals surface area contributed by atoms with Crippen LogP contribution in [0.25, 0.3) is 5.65 Å². The van der Waals surface area contributed by atoms with Crippen LogP contribution in [0.3, 0.4) is 0 Å². The fourth-order valence-corrected chi connectivity index (χ4v) is 5.37. The maximum atomic E-state index is 13.1. The smallest absolute Gasteiger partial charge is 0.358 e. The summed E-state index contributed by atoms with van der Waals surface area (Å²) in [5.74, 6) is 0.227. The normalized spacial score (nSPS) is 19.0. The molecule has 188 valence electrons. The number of carbonyl (C=O) groups excluding carboxylic acids is 1. The molecule has 2 heterocycles. The van der Waals surface area contributed by atoms with Crippen molar-refractivity contribution in [3.05, 3.63) is 58.9 Å². The molecule has 1 N–H and O–H groups in total. The quantitative estimate of drug-likeness (QED) is 0.524. The molecule has 1 aromatic carbocycles. The monoisotopic (exact) mass is 528 g/mol. The third-order valence-corrected chi connectivity index (χ3v) is 7.74. The lowest BCUT2D eigenvalue weighted by Crippen LogP contribution is -2.43. The summed E-state index contributed by atoms with van der Waals surface area (Å²) in [6.07, 6.45) is 0.341. The van der Waals surface area contributed by atoms with Crippen LogP contribution < -0.4 is 10.2 Å². The number of halogens is 4. The largest absolute Gasteiger partial charge is 0.434 e. The number of hydrogen-bond donors (Lipinski definition) is 1. The molecule has 2 aromatic heterocycles. The number of benzene rings is 1. The number of nitrogens with one attached hydrogen (secondary N) is 1. The van der Waals surface area contributed by atoms with Crippen LogP contribution >= 0.6 is 11.6 Å². The van der Waals surface area contributed by atoms with Crippen LogP contribution in [0.5, 0.6) is 0 Å². The molecular formula is C23H24ClF3N4O3S. The minimum absolute atomic E-state index is 0.0397. The van der Waals surface area contributed by atoms with E-state index in [0.29, 0.717) is 18.7 Å². The number of carbonyl (C=O) groups is 1. The zero-order chi connectivity index (χ0) is 25.5. The van der Waals surface area contributed by atoms with Gasteiger partial charge in [-0.05, 0) is 56.0 Å². The standard InChI is InChI=1S/C23H24ClF3N4O3S/c1-30(21-5-3-4-20-29-19(13-31(20)21)23(25,26)27)15-8-6-14(7-9-15)28-22(32)17-11-10-16(12-18(17)24)35(2,33)34/h3-5,10-15H,6-9H2,1-2H3,(H,28,32)/t14-,15+. The molecule has 1 aliphatic carbocycles. The third-order valence-electron chi connectivity index (χ3n) is 6.32. The van der Waals surface area contributed by atoms with Gasteiger partial charge in [0.05, 0.1) is 15.5 Å². The summed E-state index contributed by atoms with van der Waals surface area (Å²) in [7, 11) is -1.59. The SMILES string of the molecule is CN(c1cccc2nc(C(F)(F)F)cn12)[C@H]1CC[C@@H](NC(=O)c2ccc(S(C)(=O)=O)cc2Cl)CC1. The lowest BCUT2D eigenvalue weighted by Gasteiger charge is -2.36. The molecule has 0 spiro atoms. The molecular weight excluding hydrogens is 505 g/mol. The molecule has 4 rings (SSSR count). The Hall–Kier alpha value is -2.79. The number of alkyl halides is 3. The van der Waals surface area contributed by atoms with Gasteiger partial charge in [-0.2, -0.15) is 13.2 Å². The Morgan fingerprint density at radius 3 is 2.46 bits per heavy atom. The van der Waals surface area contributed by atoms with Crippen LogP contribution in [0.15, 0.2) is 47.5 Å². The lowest BCUT2D eigenvalue weighted by atomic mass is 9.90. The highest BCUT2D eigenvalue weighted by Gasteiger charge is 2.34. The van der Waals surface area contributed by atoms with E-state index < -0.39 is 21.7 Å². The molecule has 1 fully saturated rings. The Labute approximate surface area is 205 Å². The molecule has 0 unspecified atom stereocenters. The second-order valence-corrected chi connectivity index (χ2v) is 11.2. The minimum atomic E-state index is -4.52. The highest BCUT2D eigenvalue weighted by atomic mass is 35.5. The van der Waals surface area contributed by atoms with Crippen LogP contribution in [0.4, 0.5) is 19.0 Å². The second kappa shape index (κ2) is 9.34. The van der Waals surface area contributed by atoms with Crippen LogP contribution in [0.2, 0.25) is 5.02 Å². The fourth-order valence-electron chi connectivity index (χ4n) is 4.39. The van der Waals surface area contributed by atoms with Gasteiger partial charge in [-0.15, -0.1) is 0 Å². The molecule has 0 bridgehead atoms. The van der Waals surface area contributed by atoms with Crippen LogP contribution in [-0.4, -0.2) is 49.1 Å². The van der Waals surface area contributed by atoms with E-state index in [2.05, 4.69) is 10.3 Å². The van der Waals surface area contributed by atoms with E-state index in [1.165, 1.54) is 28.7 Å². The van der Waals surface area contributed by atoms with Crippen molar-refractivity contribution >= 4 is 38.8 Å². The van der Waals surface area contributed by atoms with E-state index in [1.807, 2.05) is 11.9 Å². The first-order valence-corrected chi connectivity index (χ1v) is 13.2. The maximum Gasteiger partial charge on any atom is 0.434 e. The number of aromatic nitrogens is 2. The number of hydrogen-bond acceptors (Lipinski definition) is 5. The highest BCUT2D eigenvalue weighted by Crippen LogP contribution is 2.32. The number of imidazole rings is 1. The fraction of sp³-hybridized carbons (Fsp3) is 0.391. The molecule has 1 saturated carbocycles. The number of sulfone groups is 1. The van der Waals surface area contributed by atoms with Crippen molar-refractivity contribution in [2.45, 2.75) is 48.8 Å². The molecule has 0 radical (unpaired) electrons. The minimum Gasteiger partial charge on any atom is -0.358 e. The topological polar surface area (TPSA) is 83.8 Å². The van der Waals surface area contributed by atoms with E-state index in [1.54, 1.807) is 12.1 Å². The first-order chi connectivity index (χ1) is 16.3. The van der Waals surface area contributed by atoms with Gasteiger partial charge in [0.25, 0.3) is 5.91 Å². The van der Waals surface area contributed by atoms with Crippen molar-refractivity contribution < 1.29 is 26.4 Å². The molecule has 12 heteroatoms. The third kappa shape index (κ3) is 5.40. The van der Waals surface area contributed by atoms with Crippen molar-refractivity contribution in [1.29, 1.82) is 0 Å². The van der Waals surface area contributed by atoms with Crippen molar-refractivity contribution in [1.82, 2.24) is 14.7 Å². The molecule has 0 saturated heterocycles. The lowest BCUT2D eigenvalue weighted by molar-refractivity contribution is -0.140. The summed E-state index contributed by atoms with van der Waals surface area (Å²) >= 11 is 6.15. The van der Waals surface area contributed by atoms with Crippen LogP contribution in [0, 0.1) is 0 Å². The average molecular weight is 529 g/mol. The summed E-state index contributed by atoms with van der Waals surface area (Å²) in [5, 5.41) is 3.01. The van der Waals surface area contributed by atoms with Crippen molar-refractivity contribution in [2.75, 3.05) is 18.2 Å². The zero-order valence-electron chi connectivity index (χ0n) is 19.0. The van der Waals surface area contributed by atoms with E-state index in [-0.39, 0.29) is 39.1 Å². The molecule has 1 aliphatic rings. The average Bonchev–Trinajstić information content (AvgIpc) is 3.23. The van der Waals surface area contributed by atoms with E-state index >= 15 is 0 Å². The number of amides is 1. The second-order valence-electron chi connectivity index (χ2n) is 8.74. The maximum absolute atomic E-state index is 13.1. The molecule has 0 atom stereocenters. The number of fused-ring (bicyclic) bond motifs is 1. The van der Waals surface area contributed by atoms with Crippen LogP contribution in [0.1, 0.15) is 41.7 Å². The van der Waals surface area contributed by atoms with E-state index in [4.69, 9.17) is 11.6 Å². The first kappa shape index (κ1) is 25.3. The predicted octanol–water partition coefficient (Wildman–Crippen LogP) is 4.59. The Morgan fingerprint density at radius 1 is 1.17 bits per heavy atom. The van der Waals surface area contributed by atoms with Gasteiger partial charge in [-0.25, -0.2) is 13.4 Å². The van der Waals surface area contributed by atoms with Gasteiger partial charge in [-0.3, -0.25) is 9.20 Å². The first-order valence-electron chi connectivity index (χ1n) is 10.9. The number of rotatable bonds is 5. The highest BCUT2D eigenvalue weighted by molar-refractivity contribution is 7.90. The summed E-state index contributed by atoms with van der Waals surface area (Å²) in [6, 6.07) is 8.95. The Balaban J connectivity index is 1.41. The number of nitrogens with zero attached hydrogens (tertiary/aromatic N) is 3. The van der Waals surface area contributed by atoms with E-state index in [0.717, 1.165) is 25.3 Å². The van der Waals surface area contributed by atoms with Crippen molar-refractivity contribution in [3.8, 4) is 0 Å².